The van der Waals surface area contributed by atoms with E-state index >= 15 is 0 Å². The number of carboxylic acid groups (broad SMARTS) is 1. The highest BCUT2D eigenvalue weighted by Crippen LogP contribution is 2.22. The number of carbonyl (C=O) groups excluding carboxylic acids is 1. The van der Waals surface area contributed by atoms with Crippen LogP contribution in [0.3, 0.4) is 0 Å². The highest BCUT2D eigenvalue weighted by molar-refractivity contribution is 7.99. The van der Waals surface area contributed by atoms with Gasteiger partial charge in [0.25, 0.3) is 0 Å². The Morgan fingerprint density at radius 2 is 1.14 bits per heavy atom. The predicted molar refractivity (Wildman–Crippen MR) is 196 cm³/mol. The van der Waals surface area contributed by atoms with Gasteiger partial charge in [-0.2, -0.15) is 11.8 Å². The lowest BCUT2D eigenvalue weighted by Crippen LogP contribution is -2.42. The normalized spacial score (nSPS) is 14.1. The first kappa shape index (κ1) is 43.0. The summed E-state index contributed by atoms with van der Waals surface area (Å²) in [6.45, 7) is 13.9. The summed E-state index contributed by atoms with van der Waals surface area (Å²) in [7, 11) is 0. The van der Waals surface area contributed by atoms with E-state index in [4.69, 9.17) is 0 Å². The maximum atomic E-state index is 12.3. The maximum absolute atomic E-state index is 12.3. The SMILES string of the molecule is CCCCCCCCCCCCCCCC(=O)N[C@@H](CSCC=C(C)CCCC(C)CCCC(C)CCCC(C)C)C(=O)O. The van der Waals surface area contributed by atoms with E-state index in [0.717, 1.165) is 42.8 Å². The summed E-state index contributed by atoms with van der Waals surface area (Å²) in [5, 5.41) is 12.3. The van der Waals surface area contributed by atoms with Crippen molar-refractivity contribution < 1.29 is 14.7 Å². The average Bonchev–Trinajstić information content (AvgIpc) is 2.96. The Morgan fingerprint density at radius 3 is 1.64 bits per heavy atom. The van der Waals surface area contributed by atoms with Crippen molar-refractivity contribution in [2.75, 3.05) is 11.5 Å². The van der Waals surface area contributed by atoms with Gasteiger partial charge in [-0.05, 0) is 43.9 Å². The summed E-state index contributed by atoms with van der Waals surface area (Å²) in [6, 6.07) is -0.804. The Labute approximate surface area is 279 Å². The maximum Gasteiger partial charge on any atom is 0.327 e. The molecule has 3 atom stereocenters. The molecule has 0 aromatic heterocycles. The molecule has 0 radical (unpaired) electrons. The van der Waals surface area contributed by atoms with E-state index in [2.05, 4.69) is 52.9 Å². The smallest absolute Gasteiger partial charge is 0.327 e. The zero-order chi connectivity index (χ0) is 32.8. The first-order chi connectivity index (χ1) is 21.1. The van der Waals surface area contributed by atoms with Gasteiger partial charge >= 0.3 is 5.97 Å². The molecule has 0 saturated carbocycles. The molecule has 2 N–H and O–H groups in total. The summed E-state index contributed by atoms with van der Waals surface area (Å²) >= 11 is 1.60. The number of carboxylic acids is 1. The van der Waals surface area contributed by atoms with Gasteiger partial charge in [0.15, 0.2) is 0 Å². The van der Waals surface area contributed by atoms with Crippen LogP contribution in [0, 0.1) is 17.8 Å². The number of unbranched alkanes of at least 4 members (excludes halogenated alkanes) is 12. The number of nitrogens with one attached hydrogen (secondary N) is 1. The van der Waals surface area contributed by atoms with E-state index in [1.165, 1.54) is 128 Å². The topological polar surface area (TPSA) is 66.4 Å². The van der Waals surface area contributed by atoms with Gasteiger partial charge in [0, 0.05) is 17.9 Å². The molecule has 0 bridgehead atoms. The zero-order valence-corrected chi connectivity index (χ0v) is 31.1. The molecule has 4 nitrogen and oxygen atoms in total. The number of rotatable bonds is 32. The van der Waals surface area contributed by atoms with Crippen LogP contribution in [-0.2, 0) is 9.59 Å². The van der Waals surface area contributed by atoms with E-state index < -0.39 is 12.0 Å². The Bertz CT molecular complexity index is 707. The van der Waals surface area contributed by atoms with Crippen molar-refractivity contribution in [3.05, 3.63) is 11.6 Å². The number of allylic oxidation sites excluding steroid dienone is 1. The molecule has 260 valence electrons. The first-order valence-electron chi connectivity index (χ1n) is 18.9. The summed E-state index contributed by atoms with van der Waals surface area (Å²) in [5.41, 5.74) is 1.39. The molecule has 0 heterocycles. The van der Waals surface area contributed by atoms with Gasteiger partial charge in [0.1, 0.15) is 6.04 Å². The quantitative estimate of drug-likeness (QED) is 0.0569. The molecular weight excluding hydrogens is 563 g/mol. The molecule has 0 aliphatic rings. The molecule has 0 aromatic carbocycles. The summed E-state index contributed by atoms with van der Waals surface area (Å²) in [6.07, 6.45) is 31.0. The van der Waals surface area contributed by atoms with Crippen molar-refractivity contribution in [3.8, 4) is 0 Å². The van der Waals surface area contributed by atoms with Gasteiger partial charge < -0.3 is 10.4 Å². The van der Waals surface area contributed by atoms with Crippen LogP contribution in [0.25, 0.3) is 0 Å². The molecule has 0 fully saturated rings. The number of hydrogen-bond donors (Lipinski definition) is 2. The van der Waals surface area contributed by atoms with Crippen LogP contribution in [-0.4, -0.2) is 34.5 Å². The molecule has 0 rings (SSSR count). The van der Waals surface area contributed by atoms with Gasteiger partial charge in [-0.15, -0.1) is 0 Å². The second kappa shape index (κ2) is 30.7. The molecule has 1 amide bonds. The van der Waals surface area contributed by atoms with Crippen molar-refractivity contribution in [3.63, 3.8) is 0 Å². The third kappa shape index (κ3) is 29.7. The lowest BCUT2D eigenvalue weighted by Gasteiger charge is -2.15. The van der Waals surface area contributed by atoms with Crippen LogP contribution in [0.4, 0.5) is 0 Å². The Hall–Kier alpha value is -0.970. The van der Waals surface area contributed by atoms with Crippen LogP contribution in [0.1, 0.15) is 189 Å². The first-order valence-corrected chi connectivity index (χ1v) is 20.1. The predicted octanol–water partition coefficient (Wildman–Crippen LogP) is 12.2. The molecule has 0 spiro atoms. The fourth-order valence-electron chi connectivity index (χ4n) is 5.94. The second-order valence-corrected chi connectivity index (χ2v) is 15.5. The molecule has 44 heavy (non-hydrogen) atoms. The fourth-order valence-corrected chi connectivity index (χ4v) is 6.94. The monoisotopic (exact) mass is 638 g/mol. The molecule has 0 aliphatic heterocycles. The standard InChI is InChI=1S/C39H75NO3S/c1-7-8-9-10-11-12-13-14-15-16-17-18-19-29-38(41)40-37(39(42)43)32-44-31-30-36(6)28-22-27-35(5)26-21-25-34(4)24-20-23-33(2)3/h30,33-35,37H,7-29,31-32H2,1-6H3,(H,40,41)(H,42,43)/t34?,35?,37-/m0/s1. The van der Waals surface area contributed by atoms with Crippen molar-refractivity contribution in [1.82, 2.24) is 5.32 Å². The van der Waals surface area contributed by atoms with Crippen LogP contribution in [0.15, 0.2) is 11.6 Å². The molecule has 2 unspecified atom stereocenters. The zero-order valence-electron chi connectivity index (χ0n) is 30.2. The molecule has 0 aromatic rings. The van der Waals surface area contributed by atoms with Gasteiger partial charge in [-0.25, -0.2) is 4.79 Å². The van der Waals surface area contributed by atoms with Crippen molar-refractivity contribution in [2.45, 2.75) is 195 Å². The highest BCUT2D eigenvalue weighted by Gasteiger charge is 2.19. The van der Waals surface area contributed by atoms with E-state index in [0.29, 0.717) is 12.2 Å². The van der Waals surface area contributed by atoms with Crippen LogP contribution in [0.5, 0.6) is 0 Å². The van der Waals surface area contributed by atoms with Gasteiger partial charge in [0.05, 0.1) is 0 Å². The molecule has 0 saturated heterocycles. The van der Waals surface area contributed by atoms with E-state index in [-0.39, 0.29) is 5.91 Å². The van der Waals surface area contributed by atoms with Crippen LogP contribution in [0.2, 0.25) is 0 Å². The third-order valence-corrected chi connectivity index (χ3v) is 10.1. The van der Waals surface area contributed by atoms with E-state index in [1.54, 1.807) is 11.8 Å². The lowest BCUT2D eigenvalue weighted by molar-refractivity contribution is -0.141. The number of amides is 1. The van der Waals surface area contributed by atoms with E-state index in [1.807, 2.05) is 0 Å². The minimum atomic E-state index is -0.934. The summed E-state index contributed by atoms with van der Waals surface area (Å²) in [4.78, 5) is 24.0. The van der Waals surface area contributed by atoms with E-state index in [9.17, 15) is 14.7 Å². The summed E-state index contributed by atoms with van der Waals surface area (Å²) in [5.74, 6) is 2.64. The number of thioether (sulfide) groups is 1. The largest absolute Gasteiger partial charge is 0.480 e. The summed E-state index contributed by atoms with van der Waals surface area (Å²) < 4.78 is 0. The second-order valence-electron chi connectivity index (χ2n) is 14.4. The third-order valence-electron chi connectivity index (χ3n) is 9.12. The Morgan fingerprint density at radius 1 is 0.659 bits per heavy atom. The Kier molecular flexibility index (Phi) is 30.0. The van der Waals surface area contributed by atoms with Crippen molar-refractivity contribution in [2.24, 2.45) is 17.8 Å². The van der Waals surface area contributed by atoms with Crippen molar-refractivity contribution >= 4 is 23.6 Å². The number of hydrogen-bond acceptors (Lipinski definition) is 3. The lowest BCUT2D eigenvalue weighted by atomic mass is 9.91. The minimum absolute atomic E-state index is 0.123. The minimum Gasteiger partial charge on any atom is -0.480 e. The fraction of sp³-hybridized carbons (Fsp3) is 0.897. The van der Waals surface area contributed by atoms with Gasteiger partial charge in [0.2, 0.25) is 5.91 Å². The highest BCUT2D eigenvalue weighted by atomic mass is 32.2. The van der Waals surface area contributed by atoms with Crippen LogP contribution >= 0.6 is 11.8 Å². The van der Waals surface area contributed by atoms with Gasteiger partial charge in [-0.1, -0.05) is 168 Å². The number of aliphatic carboxylic acids is 1. The van der Waals surface area contributed by atoms with Crippen LogP contribution < -0.4 is 5.32 Å². The van der Waals surface area contributed by atoms with Crippen molar-refractivity contribution in [1.29, 1.82) is 0 Å². The molecular formula is C39H75NO3S. The Balaban J connectivity index is 3.87. The molecule has 5 heteroatoms. The van der Waals surface area contributed by atoms with Gasteiger partial charge in [-0.3, -0.25) is 4.79 Å². The average molecular weight is 638 g/mol. The molecule has 0 aliphatic carbocycles. The number of carbonyl (C=O) groups is 2.